The van der Waals surface area contributed by atoms with Crippen molar-refractivity contribution in [3.63, 3.8) is 0 Å². The summed E-state index contributed by atoms with van der Waals surface area (Å²) in [7, 11) is 0. The Labute approximate surface area is 94.3 Å². The lowest BCUT2D eigenvalue weighted by atomic mass is 10.0. The van der Waals surface area contributed by atoms with E-state index in [2.05, 4.69) is 9.97 Å². The van der Waals surface area contributed by atoms with E-state index < -0.39 is 0 Å². The lowest BCUT2D eigenvalue weighted by Gasteiger charge is -2.06. The molecular weight excluding hydrogens is 200 g/mol. The topological polar surface area (TPSA) is 77.8 Å². The molecule has 82 valence electrons. The van der Waals surface area contributed by atoms with Crippen molar-refractivity contribution in [2.24, 2.45) is 5.73 Å². The van der Waals surface area contributed by atoms with Gasteiger partial charge in [0.25, 0.3) is 0 Å². The number of anilines is 1. The highest BCUT2D eigenvalue weighted by molar-refractivity contribution is 5.66. The highest BCUT2D eigenvalue weighted by atomic mass is 15.0. The van der Waals surface area contributed by atoms with Gasteiger partial charge in [0.15, 0.2) is 0 Å². The maximum Gasteiger partial charge on any atom is 0.220 e. The average Bonchev–Trinajstić information content (AvgIpc) is 2.29. The van der Waals surface area contributed by atoms with Gasteiger partial charge in [0.1, 0.15) is 0 Å². The third-order valence-corrected chi connectivity index (χ3v) is 2.47. The Balaban J connectivity index is 2.49. The van der Waals surface area contributed by atoms with Crippen LogP contribution in [0.1, 0.15) is 11.3 Å². The Bertz CT molecular complexity index is 508. The second-order valence-electron chi connectivity index (χ2n) is 3.63. The van der Waals surface area contributed by atoms with Crippen LogP contribution in [0.3, 0.4) is 0 Å². The van der Waals surface area contributed by atoms with Gasteiger partial charge in [-0.15, -0.1) is 0 Å². The van der Waals surface area contributed by atoms with Crippen molar-refractivity contribution in [1.82, 2.24) is 9.97 Å². The van der Waals surface area contributed by atoms with E-state index in [9.17, 15) is 0 Å². The van der Waals surface area contributed by atoms with Gasteiger partial charge < -0.3 is 11.5 Å². The molecule has 1 aromatic carbocycles. The summed E-state index contributed by atoms with van der Waals surface area (Å²) in [4.78, 5) is 8.15. The molecule has 0 saturated carbocycles. The number of hydrogen-bond acceptors (Lipinski definition) is 4. The Morgan fingerprint density at radius 3 is 2.81 bits per heavy atom. The second-order valence-corrected chi connectivity index (χ2v) is 3.63. The lowest BCUT2D eigenvalue weighted by molar-refractivity contribution is 1.07. The first-order chi connectivity index (χ1) is 7.70. The maximum absolute atomic E-state index is 5.61. The largest absolute Gasteiger partial charge is 0.368 e. The van der Waals surface area contributed by atoms with Crippen LogP contribution in [0, 0.1) is 6.92 Å². The summed E-state index contributed by atoms with van der Waals surface area (Å²) < 4.78 is 0. The van der Waals surface area contributed by atoms with Gasteiger partial charge >= 0.3 is 0 Å². The molecule has 2 rings (SSSR count). The summed E-state index contributed by atoms with van der Waals surface area (Å²) in [6.45, 7) is 2.45. The first-order valence-corrected chi connectivity index (χ1v) is 5.09. The Hall–Kier alpha value is -1.94. The summed E-state index contributed by atoms with van der Waals surface area (Å²) in [5, 5.41) is 0. The Kier molecular flexibility index (Phi) is 2.83. The fourth-order valence-corrected chi connectivity index (χ4v) is 1.63. The van der Waals surface area contributed by atoms with E-state index in [0.29, 0.717) is 12.5 Å². The fraction of sp³-hybridized carbons (Fsp3) is 0.167. The number of hydrogen-bond donors (Lipinski definition) is 2. The molecule has 4 nitrogen and oxygen atoms in total. The molecule has 4 heteroatoms. The zero-order valence-corrected chi connectivity index (χ0v) is 9.14. The molecule has 0 unspecified atom stereocenters. The van der Waals surface area contributed by atoms with E-state index in [4.69, 9.17) is 11.5 Å². The third kappa shape index (κ3) is 2.01. The number of aryl methyl sites for hydroxylation is 1. The minimum absolute atomic E-state index is 0.302. The van der Waals surface area contributed by atoms with Gasteiger partial charge in [-0.25, -0.2) is 9.97 Å². The number of rotatable bonds is 2. The molecule has 0 aliphatic heterocycles. The van der Waals surface area contributed by atoms with Gasteiger partial charge in [0, 0.05) is 18.3 Å². The number of nitrogen functional groups attached to an aromatic ring is 1. The van der Waals surface area contributed by atoms with Crippen molar-refractivity contribution in [2.45, 2.75) is 13.5 Å². The van der Waals surface area contributed by atoms with E-state index in [1.54, 1.807) is 6.20 Å². The number of aromatic nitrogens is 2. The van der Waals surface area contributed by atoms with Crippen molar-refractivity contribution >= 4 is 5.95 Å². The molecule has 0 aliphatic carbocycles. The summed E-state index contributed by atoms with van der Waals surface area (Å²) in [5.41, 5.74) is 15.2. The van der Waals surface area contributed by atoms with Crippen LogP contribution in [0.2, 0.25) is 0 Å². The smallest absolute Gasteiger partial charge is 0.220 e. The van der Waals surface area contributed by atoms with Gasteiger partial charge in [0.2, 0.25) is 5.95 Å². The molecule has 0 fully saturated rings. The van der Waals surface area contributed by atoms with Crippen LogP contribution in [0.4, 0.5) is 5.95 Å². The minimum atomic E-state index is 0.302. The molecule has 0 bridgehead atoms. The average molecular weight is 214 g/mol. The minimum Gasteiger partial charge on any atom is -0.368 e. The van der Waals surface area contributed by atoms with Crippen molar-refractivity contribution in [3.8, 4) is 11.1 Å². The van der Waals surface area contributed by atoms with Crippen LogP contribution in [-0.2, 0) is 6.54 Å². The van der Waals surface area contributed by atoms with Crippen molar-refractivity contribution < 1.29 is 0 Å². The zero-order valence-electron chi connectivity index (χ0n) is 9.14. The molecule has 16 heavy (non-hydrogen) atoms. The van der Waals surface area contributed by atoms with Crippen molar-refractivity contribution in [3.05, 3.63) is 41.7 Å². The molecule has 1 heterocycles. The Morgan fingerprint density at radius 1 is 1.31 bits per heavy atom. The van der Waals surface area contributed by atoms with Crippen LogP contribution >= 0.6 is 0 Å². The van der Waals surface area contributed by atoms with E-state index in [1.165, 1.54) is 0 Å². The predicted molar refractivity (Wildman–Crippen MR) is 64.5 cm³/mol. The van der Waals surface area contributed by atoms with Crippen molar-refractivity contribution in [2.75, 3.05) is 5.73 Å². The summed E-state index contributed by atoms with van der Waals surface area (Å²) in [5.74, 6) is 0.302. The molecule has 0 aliphatic rings. The SMILES string of the molecule is Cc1nc(N)ncc1-c1cccc(CN)c1. The fourth-order valence-electron chi connectivity index (χ4n) is 1.63. The molecule has 2 aromatic rings. The predicted octanol–water partition coefficient (Wildman–Crippen LogP) is 1.49. The standard InChI is InChI=1S/C12H14N4/c1-8-11(7-15-12(14)16-8)10-4-2-3-9(5-10)6-13/h2-5,7H,6,13H2,1H3,(H2,14,15,16). The highest BCUT2D eigenvalue weighted by Gasteiger charge is 2.04. The van der Waals surface area contributed by atoms with Crippen LogP contribution in [0.15, 0.2) is 30.5 Å². The van der Waals surface area contributed by atoms with E-state index in [0.717, 1.165) is 22.4 Å². The van der Waals surface area contributed by atoms with Crippen LogP contribution in [0.25, 0.3) is 11.1 Å². The Morgan fingerprint density at radius 2 is 2.12 bits per heavy atom. The zero-order chi connectivity index (χ0) is 11.5. The quantitative estimate of drug-likeness (QED) is 0.794. The molecule has 4 N–H and O–H groups in total. The first kappa shape index (κ1) is 10.6. The normalized spacial score (nSPS) is 10.4. The van der Waals surface area contributed by atoms with Gasteiger partial charge in [-0.1, -0.05) is 18.2 Å². The van der Waals surface area contributed by atoms with Gasteiger partial charge in [-0.05, 0) is 24.1 Å². The lowest BCUT2D eigenvalue weighted by Crippen LogP contribution is -1.99. The summed E-state index contributed by atoms with van der Waals surface area (Å²) in [6.07, 6.45) is 1.74. The molecule has 0 amide bonds. The number of nitrogens with zero attached hydrogens (tertiary/aromatic N) is 2. The number of nitrogens with two attached hydrogens (primary N) is 2. The maximum atomic E-state index is 5.61. The van der Waals surface area contributed by atoms with E-state index in [-0.39, 0.29) is 0 Å². The summed E-state index contributed by atoms with van der Waals surface area (Å²) in [6, 6.07) is 8.03. The molecule has 0 saturated heterocycles. The van der Waals surface area contributed by atoms with Gasteiger partial charge in [-0.3, -0.25) is 0 Å². The summed E-state index contributed by atoms with van der Waals surface area (Å²) >= 11 is 0. The van der Waals surface area contributed by atoms with Crippen LogP contribution in [0.5, 0.6) is 0 Å². The van der Waals surface area contributed by atoms with E-state index >= 15 is 0 Å². The monoisotopic (exact) mass is 214 g/mol. The van der Waals surface area contributed by atoms with Crippen LogP contribution in [-0.4, -0.2) is 9.97 Å². The molecule has 1 aromatic heterocycles. The third-order valence-electron chi connectivity index (χ3n) is 2.47. The van der Waals surface area contributed by atoms with E-state index in [1.807, 2.05) is 31.2 Å². The van der Waals surface area contributed by atoms with Gasteiger partial charge in [-0.2, -0.15) is 0 Å². The van der Waals surface area contributed by atoms with Crippen LogP contribution < -0.4 is 11.5 Å². The molecule has 0 spiro atoms. The second kappa shape index (κ2) is 4.28. The molecular formula is C12H14N4. The number of benzene rings is 1. The first-order valence-electron chi connectivity index (χ1n) is 5.09. The van der Waals surface area contributed by atoms with Crippen molar-refractivity contribution in [1.29, 1.82) is 0 Å². The molecule has 0 atom stereocenters. The van der Waals surface area contributed by atoms with Gasteiger partial charge in [0.05, 0.1) is 5.69 Å². The highest BCUT2D eigenvalue weighted by Crippen LogP contribution is 2.22. The molecule has 0 radical (unpaired) electrons.